The highest BCUT2D eigenvalue weighted by Gasteiger charge is 2.13. The monoisotopic (exact) mass is 261 g/mol. The normalized spacial score (nSPS) is 16.9. The smallest absolute Gasteiger partial charge is 0.394 e. The van der Waals surface area contributed by atoms with Crippen molar-refractivity contribution in [2.24, 2.45) is 0 Å². The summed E-state index contributed by atoms with van der Waals surface area (Å²) in [4.78, 5) is 6.85. The summed E-state index contributed by atoms with van der Waals surface area (Å²) in [6.45, 7) is 5.48. The van der Waals surface area contributed by atoms with E-state index in [9.17, 15) is 0 Å². The van der Waals surface area contributed by atoms with Gasteiger partial charge in [0.2, 0.25) is 0 Å². The first kappa shape index (κ1) is 12.4. The van der Waals surface area contributed by atoms with Crippen molar-refractivity contribution in [1.82, 2.24) is 15.2 Å². The lowest BCUT2D eigenvalue weighted by atomic mass is 10.1. The molecule has 1 fully saturated rings. The van der Waals surface area contributed by atoms with E-state index in [1.807, 2.05) is 12.1 Å². The fourth-order valence-corrected chi connectivity index (χ4v) is 2.49. The van der Waals surface area contributed by atoms with Gasteiger partial charge in [-0.15, -0.1) is 0 Å². The molecule has 2 heterocycles. The van der Waals surface area contributed by atoms with Crippen molar-refractivity contribution in [3.8, 4) is 6.08 Å². The molecule has 0 unspecified atom stereocenters. The number of ether oxygens (including phenoxy) is 1. The first-order valence-corrected chi connectivity index (χ1v) is 6.72. The zero-order valence-electron chi connectivity index (χ0n) is 11.2. The molecule has 0 bridgehead atoms. The largest absolute Gasteiger partial charge is 0.453 e. The van der Waals surface area contributed by atoms with E-state index in [0.29, 0.717) is 6.08 Å². The lowest BCUT2D eigenvalue weighted by Gasteiger charge is -2.27. The molecule has 5 nitrogen and oxygen atoms in total. The molecule has 1 aliphatic heterocycles. The predicted octanol–water partition coefficient (Wildman–Crippen LogP) is 1.28. The Morgan fingerprint density at radius 2 is 2.21 bits per heavy atom. The molecule has 19 heavy (non-hydrogen) atoms. The first-order chi connectivity index (χ1) is 9.36. The second-order valence-electron chi connectivity index (χ2n) is 4.79. The number of methoxy groups -OCH3 is 1. The molecule has 3 rings (SSSR count). The SMILES string of the molecule is COc1nc2c(CCN3CCNCC3)cccc2o1. The third-order valence-corrected chi connectivity index (χ3v) is 3.56. The Morgan fingerprint density at radius 1 is 1.37 bits per heavy atom. The molecule has 0 aliphatic carbocycles. The molecule has 0 amide bonds. The van der Waals surface area contributed by atoms with Crippen LogP contribution in [0.2, 0.25) is 0 Å². The first-order valence-electron chi connectivity index (χ1n) is 6.72. The van der Waals surface area contributed by atoms with Gasteiger partial charge in [0.05, 0.1) is 7.11 Å². The number of hydrogen-bond acceptors (Lipinski definition) is 5. The molecule has 0 radical (unpaired) electrons. The van der Waals surface area contributed by atoms with Crippen LogP contribution in [0.15, 0.2) is 22.6 Å². The van der Waals surface area contributed by atoms with Gasteiger partial charge in [-0.3, -0.25) is 0 Å². The van der Waals surface area contributed by atoms with Crippen LogP contribution < -0.4 is 10.1 Å². The molecule has 1 aliphatic rings. The summed E-state index contributed by atoms with van der Waals surface area (Å²) in [5.41, 5.74) is 2.95. The zero-order valence-corrected chi connectivity index (χ0v) is 11.2. The van der Waals surface area contributed by atoms with Crippen LogP contribution in [0, 0.1) is 0 Å². The predicted molar refractivity (Wildman–Crippen MR) is 73.6 cm³/mol. The van der Waals surface area contributed by atoms with E-state index in [1.165, 1.54) is 5.56 Å². The van der Waals surface area contributed by atoms with Crippen LogP contribution in [-0.4, -0.2) is 49.7 Å². The molecule has 1 N–H and O–H groups in total. The second kappa shape index (κ2) is 5.59. The van der Waals surface area contributed by atoms with Crippen molar-refractivity contribution >= 4 is 11.1 Å². The molecule has 102 valence electrons. The Hall–Kier alpha value is -1.59. The summed E-state index contributed by atoms with van der Waals surface area (Å²) in [5, 5.41) is 3.37. The second-order valence-corrected chi connectivity index (χ2v) is 4.79. The molecule has 5 heteroatoms. The minimum Gasteiger partial charge on any atom is -0.453 e. The average Bonchev–Trinajstić information content (AvgIpc) is 2.90. The summed E-state index contributed by atoms with van der Waals surface area (Å²) in [6, 6.07) is 6.06. The van der Waals surface area contributed by atoms with E-state index < -0.39 is 0 Å². The van der Waals surface area contributed by atoms with Gasteiger partial charge < -0.3 is 19.4 Å². The van der Waals surface area contributed by atoms with Crippen LogP contribution in [0.3, 0.4) is 0 Å². The lowest BCUT2D eigenvalue weighted by molar-refractivity contribution is 0.244. The Bertz CT molecular complexity index is 547. The van der Waals surface area contributed by atoms with Crippen LogP contribution in [0.25, 0.3) is 11.1 Å². The van der Waals surface area contributed by atoms with Gasteiger partial charge in [-0.1, -0.05) is 12.1 Å². The quantitative estimate of drug-likeness (QED) is 0.898. The lowest BCUT2D eigenvalue weighted by Crippen LogP contribution is -2.44. The summed E-state index contributed by atoms with van der Waals surface area (Å²) in [6.07, 6.45) is 1.33. The topological polar surface area (TPSA) is 50.5 Å². The molecule has 0 spiro atoms. The zero-order chi connectivity index (χ0) is 13.1. The minimum absolute atomic E-state index is 0.338. The van der Waals surface area contributed by atoms with E-state index in [4.69, 9.17) is 9.15 Å². The highest BCUT2D eigenvalue weighted by atomic mass is 16.6. The van der Waals surface area contributed by atoms with Gasteiger partial charge in [-0.05, 0) is 18.1 Å². The van der Waals surface area contributed by atoms with Gasteiger partial charge in [-0.25, -0.2) is 0 Å². The van der Waals surface area contributed by atoms with Crippen molar-refractivity contribution in [3.05, 3.63) is 23.8 Å². The fraction of sp³-hybridized carbons (Fsp3) is 0.500. The maximum atomic E-state index is 5.49. The van der Waals surface area contributed by atoms with Crippen molar-refractivity contribution in [3.63, 3.8) is 0 Å². The molecule has 2 aromatic rings. The van der Waals surface area contributed by atoms with Gasteiger partial charge >= 0.3 is 6.08 Å². The van der Waals surface area contributed by atoms with E-state index in [2.05, 4.69) is 21.3 Å². The highest BCUT2D eigenvalue weighted by molar-refractivity contribution is 5.77. The number of oxazole rings is 1. The molecule has 0 saturated carbocycles. The van der Waals surface area contributed by atoms with Gasteiger partial charge in [0.15, 0.2) is 5.58 Å². The number of aromatic nitrogens is 1. The number of fused-ring (bicyclic) bond motifs is 1. The van der Waals surface area contributed by atoms with Crippen LogP contribution in [-0.2, 0) is 6.42 Å². The Balaban J connectivity index is 1.74. The molecule has 0 atom stereocenters. The van der Waals surface area contributed by atoms with E-state index in [0.717, 1.165) is 50.2 Å². The van der Waals surface area contributed by atoms with E-state index >= 15 is 0 Å². The van der Waals surface area contributed by atoms with Crippen molar-refractivity contribution in [2.45, 2.75) is 6.42 Å². The number of nitrogens with one attached hydrogen (secondary N) is 1. The number of piperazine rings is 1. The van der Waals surface area contributed by atoms with Crippen molar-refractivity contribution < 1.29 is 9.15 Å². The Labute approximate surface area is 112 Å². The molecule has 1 saturated heterocycles. The minimum atomic E-state index is 0.338. The van der Waals surface area contributed by atoms with Gasteiger partial charge in [0, 0.05) is 32.7 Å². The maximum Gasteiger partial charge on any atom is 0.394 e. The average molecular weight is 261 g/mol. The third-order valence-electron chi connectivity index (χ3n) is 3.56. The summed E-state index contributed by atoms with van der Waals surface area (Å²) >= 11 is 0. The molecular weight excluding hydrogens is 242 g/mol. The summed E-state index contributed by atoms with van der Waals surface area (Å²) < 4.78 is 10.5. The van der Waals surface area contributed by atoms with Gasteiger partial charge in [0.25, 0.3) is 0 Å². The molecular formula is C14H19N3O2. The number of benzene rings is 1. The van der Waals surface area contributed by atoms with E-state index in [1.54, 1.807) is 7.11 Å². The number of rotatable bonds is 4. The number of para-hydroxylation sites is 1. The van der Waals surface area contributed by atoms with Crippen LogP contribution in [0.5, 0.6) is 6.08 Å². The van der Waals surface area contributed by atoms with Crippen LogP contribution >= 0.6 is 0 Å². The number of hydrogen-bond donors (Lipinski definition) is 1. The summed E-state index contributed by atoms with van der Waals surface area (Å²) in [5.74, 6) is 0. The standard InChI is InChI=1S/C14H19N3O2/c1-18-14-16-13-11(3-2-4-12(13)19-14)5-8-17-9-6-15-7-10-17/h2-4,15H,5-10H2,1H3. The Morgan fingerprint density at radius 3 is 3.00 bits per heavy atom. The van der Waals surface area contributed by atoms with Gasteiger partial charge in [-0.2, -0.15) is 4.98 Å². The van der Waals surface area contributed by atoms with Crippen molar-refractivity contribution in [2.75, 3.05) is 39.8 Å². The van der Waals surface area contributed by atoms with Gasteiger partial charge in [0.1, 0.15) is 5.52 Å². The summed E-state index contributed by atoms with van der Waals surface area (Å²) in [7, 11) is 1.57. The van der Waals surface area contributed by atoms with Crippen LogP contribution in [0.4, 0.5) is 0 Å². The third kappa shape index (κ3) is 2.72. The van der Waals surface area contributed by atoms with E-state index in [-0.39, 0.29) is 0 Å². The fourth-order valence-electron chi connectivity index (χ4n) is 2.49. The molecule has 1 aromatic heterocycles. The van der Waals surface area contributed by atoms with Crippen LogP contribution in [0.1, 0.15) is 5.56 Å². The molecule has 1 aromatic carbocycles. The number of nitrogens with zero attached hydrogens (tertiary/aromatic N) is 2. The maximum absolute atomic E-state index is 5.49. The highest BCUT2D eigenvalue weighted by Crippen LogP contribution is 2.23. The Kier molecular flexibility index (Phi) is 3.66. The van der Waals surface area contributed by atoms with Crippen molar-refractivity contribution in [1.29, 1.82) is 0 Å².